The zero-order valence-electron chi connectivity index (χ0n) is 16.7. The Labute approximate surface area is 171 Å². The van der Waals surface area contributed by atoms with Crippen LogP contribution in [-0.4, -0.2) is 58.6 Å². The number of pyridine rings is 1. The van der Waals surface area contributed by atoms with Gasteiger partial charge in [-0.15, -0.1) is 0 Å². The molecule has 152 valence electrons. The highest BCUT2D eigenvalue weighted by Crippen LogP contribution is 2.19. The zero-order valence-corrected chi connectivity index (χ0v) is 17.5. The van der Waals surface area contributed by atoms with Crippen LogP contribution in [0, 0.1) is 6.92 Å². The van der Waals surface area contributed by atoms with Gasteiger partial charge in [-0.1, -0.05) is 30.3 Å². The van der Waals surface area contributed by atoms with Crippen LogP contribution in [0.1, 0.15) is 16.8 Å². The smallest absolute Gasteiger partial charge is 0.236 e. The number of hydrogen-bond donors (Lipinski definition) is 0. The molecule has 1 aromatic carbocycles. The van der Waals surface area contributed by atoms with E-state index in [0.29, 0.717) is 26.2 Å². The summed E-state index contributed by atoms with van der Waals surface area (Å²) in [4.78, 5) is 6.80. The second-order valence-electron chi connectivity index (χ2n) is 7.36. The van der Waals surface area contributed by atoms with Crippen molar-refractivity contribution in [1.29, 1.82) is 0 Å². The maximum atomic E-state index is 12.6. The average Bonchev–Trinajstić information content (AvgIpc) is 3.01. The third-order valence-electron chi connectivity index (χ3n) is 5.25. The Morgan fingerprint density at radius 1 is 1.10 bits per heavy atom. The number of hydrogen-bond acceptors (Lipinski definition) is 5. The second kappa shape index (κ2) is 8.06. The van der Waals surface area contributed by atoms with Crippen molar-refractivity contribution in [2.24, 2.45) is 7.05 Å². The van der Waals surface area contributed by atoms with E-state index < -0.39 is 10.0 Å². The molecule has 0 bridgehead atoms. The van der Waals surface area contributed by atoms with Gasteiger partial charge in [0.05, 0.1) is 5.69 Å². The van der Waals surface area contributed by atoms with Gasteiger partial charge in [-0.3, -0.25) is 9.58 Å². The van der Waals surface area contributed by atoms with E-state index in [4.69, 9.17) is 0 Å². The molecule has 8 heteroatoms. The van der Waals surface area contributed by atoms with E-state index >= 15 is 0 Å². The number of nitrogens with zero attached hydrogens (tertiary/aromatic N) is 5. The molecule has 0 radical (unpaired) electrons. The van der Waals surface area contributed by atoms with Gasteiger partial charge in [-0.2, -0.15) is 9.40 Å². The Bertz CT molecular complexity index is 1130. The lowest BCUT2D eigenvalue weighted by Gasteiger charge is -2.33. The quantitative estimate of drug-likeness (QED) is 0.645. The fourth-order valence-corrected chi connectivity index (χ4v) is 4.83. The lowest BCUT2D eigenvalue weighted by molar-refractivity contribution is 0.182. The van der Waals surface area contributed by atoms with Crippen LogP contribution < -0.4 is 0 Å². The summed E-state index contributed by atoms with van der Waals surface area (Å²) < 4.78 is 28.6. The van der Waals surface area contributed by atoms with Crippen molar-refractivity contribution in [2.75, 3.05) is 26.2 Å². The summed E-state index contributed by atoms with van der Waals surface area (Å²) in [6, 6.07) is 11.6. The van der Waals surface area contributed by atoms with Crippen LogP contribution in [0.3, 0.4) is 0 Å². The Morgan fingerprint density at radius 3 is 2.55 bits per heavy atom. The lowest BCUT2D eigenvalue weighted by atomic mass is 10.2. The van der Waals surface area contributed by atoms with Crippen LogP contribution in [0.4, 0.5) is 0 Å². The molecule has 7 nitrogen and oxygen atoms in total. The molecule has 1 saturated heterocycles. The van der Waals surface area contributed by atoms with Gasteiger partial charge in [0.15, 0.2) is 5.65 Å². The van der Waals surface area contributed by atoms with Crippen molar-refractivity contribution >= 4 is 27.1 Å². The molecule has 0 saturated carbocycles. The molecule has 0 unspecified atom stereocenters. The van der Waals surface area contributed by atoms with Crippen molar-refractivity contribution < 1.29 is 8.42 Å². The van der Waals surface area contributed by atoms with Gasteiger partial charge in [0.25, 0.3) is 0 Å². The number of benzene rings is 1. The van der Waals surface area contributed by atoms with Gasteiger partial charge >= 0.3 is 0 Å². The molecule has 0 atom stereocenters. The minimum atomic E-state index is -3.41. The maximum absolute atomic E-state index is 12.6. The van der Waals surface area contributed by atoms with Crippen LogP contribution in [0.5, 0.6) is 0 Å². The van der Waals surface area contributed by atoms with Crippen molar-refractivity contribution in [2.45, 2.75) is 13.5 Å². The molecular weight excluding hydrogens is 386 g/mol. The molecule has 0 aliphatic carbocycles. The number of fused-ring (bicyclic) bond motifs is 1. The maximum Gasteiger partial charge on any atom is 0.236 e. The van der Waals surface area contributed by atoms with Gasteiger partial charge in [0.2, 0.25) is 10.0 Å². The number of piperazine rings is 1. The minimum Gasteiger partial charge on any atom is -0.296 e. The first-order chi connectivity index (χ1) is 13.9. The van der Waals surface area contributed by atoms with Crippen molar-refractivity contribution in [3.63, 3.8) is 0 Å². The van der Waals surface area contributed by atoms with Crippen molar-refractivity contribution in [1.82, 2.24) is 24.0 Å². The summed E-state index contributed by atoms with van der Waals surface area (Å²) in [6.45, 7) is 5.11. The third kappa shape index (κ3) is 4.39. The van der Waals surface area contributed by atoms with E-state index in [1.165, 1.54) is 5.41 Å². The minimum absolute atomic E-state index is 0.489. The summed E-state index contributed by atoms with van der Waals surface area (Å²) in [5, 5.41) is 6.79. The van der Waals surface area contributed by atoms with Gasteiger partial charge in [-0.25, -0.2) is 13.4 Å². The highest BCUT2D eigenvalue weighted by molar-refractivity contribution is 7.92. The highest BCUT2D eigenvalue weighted by atomic mass is 32.2. The van der Waals surface area contributed by atoms with Crippen LogP contribution in [0.2, 0.25) is 0 Å². The van der Waals surface area contributed by atoms with E-state index in [0.717, 1.165) is 34.4 Å². The predicted octanol–water partition coefficient (Wildman–Crippen LogP) is 2.40. The van der Waals surface area contributed by atoms with E-state index in [9.17, 15) is 8.42 Å². The molecule has 4 rings (SSSR count). The van der Waals surface area contributed by atoms with Gasteiger partial charge < -0.3 is 0 Å². The van der Waals surface area contributed by atoms with Crippen molar-refractivity contribution in [3.8, 4) is 0 Å². The van der Waals surface area contributed by atoms with Crippen LogP contribution in [0.25, 0.3) is 17.1 Å². The number of aromatic nitrogens is 3. The Hall–Kier alpha value is -2.55. The van der Waals surface area contributed by atoms with Crippen LogP contribution in [0.15, 0.2) is 48.0 Å². The van der Waals surface area contributed by atoms with E-state index in [-0.39, 0.29) is 0 Å². The number of rotatable bonds is 5. The van der Waals surface area contributed by atoms with Gasteiger partial charge in [0, 0.05) is 56.8 Å². The summed E-state index contributed by atoms with van der Waals surface area (Å²) in [7, 11) is -1.51. The first-order valence-corrected chi connectivity index (χ1v) is 11.2. The summed E-state index contributed by atoms with van der Waals surface area (Å²) >= 11 is 0. The zero-order chi connectivity index (χ0) is 20.4. The Kier molecular flexibility index (Phi) is 5.49. The molecule has 3 heterocycles. The number of sulfonamides is 1. The monoisotopic (exact) mass is 411 g/mol. The largest absolute Gasteiger partial charge is 0.296 e. The Morgan fingerprint density at radius 2 is 1.83 bits per heavy atom. The lowest BCUT2D eigenvalue weighted by Crippen LogP contribution is -2.47. The van der Waals surface area contributed by atoms with Gasteiger partial charge in [-0.05, 0) is 30.2 Å². The molecule has 0 amide bonds. The Balaban J connectivity index is 1.38. The normalized spacial score (nSPS) is 16.8. The average molecular weight is 412 g/mol. The highest BCUT2D eigenvalue weighted by Gasteiger charge is 2.25. The molecule has 2 aromatic heterocycles. The summed E-state index contributed by atoms with van der Waals surface area (Å²) in [6.07, 6.45) is 3.54. The molecule has 3 aromatic rings. The van der Waals surface area contributed by atoms with E-state index in [1.807, 2.05) is 50.5 Å². The molecular formula is C21H25N5O2S. The molecule has 0 spiro atoms. The molecule has 1 aliphatic heterocycles. The van der Waals surface area contributed by atoms with E-state index in [2.05, 4.69) is 21.0 Å². The third-order valence-corrected chi connectivity index (χ3v) is 6.81. The second-order valence-corrected chi connectivity index (χ2v) is 9.18. The molecule has 1 aliphatic rings. The number of aryl methyl sites for hydroxylation is 2. The summed E-state index contributed by atoms with van der Waals surface area (Å²) in [5.41, 5.74) is 3.85. The SMILES string of the molecule is Cc1nn(C)c2ncc(CN3CCN(S(=O)(=O)/C=C/c4ccccc4)CC3)cc12. The fraction of sp³-hybridized carbons (Fsp3) is 0.333. The fourth-order valence-electron chi connectivity index (χ4n) is 3.65. The van der Waals surface area contributed by atoms with Gasteiger partial charge in [0.1, 0.15) is 0 Å². The molecule has 0 N–H and O–H groups in total. The molecule has 29 heavy (non-hydrogen) atoms. The van der Waals surface area contributed by atoms with E-state index in [1.54, 1.807) is 15.1 Å². The first-order valence-electron chi connectivity index (χ1n) is 9.66. The molecule has 1 fully saturated rings. The van der Waals surface area contributed by atoms with Crippen LogP contribution in [-0.2, 0) is 23.6 Å². The van der Waals surface area contributed by atoms with Crippen molar-refractivity contribution in [3.05, 3.63) is 64.8 Å². The van der Waals surface area contributed by atoms with Crippen LogP contribution >= 0.6 is 0 Å². The topological polar surface area (TPSA) is 71.3 Å². The first kappa shape index (κ1) is 19.8. The standard InChI is InChI=1S/C21H25N5O2S/c1-17-20-14-19(15-22-21(20)24(2)23-17)16-25-9-11-26(12-10-25)29(27,28)13-8-18-6-4-3-5-7-18/h3-8,13-15H,9-12,16H2,1-2H3/b13-8+. The predicted molar refractivity (Wildman–Crippen MR) is 114 cm³/mol. The summed E-state index contributed by atoms with van der Waals surface area (Å²) in [5.74, 6) is 0.